The van der Waals surface area contributed by atoms with E-state index in [0.29, 0.717) is 21.5 Å². The van der Waals surface area contributed by atoms with Crippen molar-refractivity contribution in [2.24, 2.45) is 0 Å². The Morgan fingerprint density at radius 3 is 2.79 bits per heavy atom. The van der Waals surface area contributed by atoms with E-state index in [1.807, 2.05) is 6.92 Å². The number of hydrogen-bond donors (Lipinski definition) is 3. The van der Waals surface area contributed by atoms with Gasteiger partial charge in [0.25, 0.3) is 0 Å². The third kappa shape index (κ3) is 5.20. The van der Waals surface area contributed by atoms with Crippen LogP contribution < -0.4 is 5.32 Å². The molecule has 0 saturated carbocycles. The first-order chi connectivity index (χ1) is 8.95. The molecular formula is C12H15Cl2NO3S. The van der Waals surface area contributed by atoms with Gasteiger partial charge in [0.1, 0.15) is 0 Å². The van der Waals surface area contributed by atoms with E-state index < -0.39 is 6.10 Å². The molecule has 1 amide bonds. The van der Waals surface area contributed by atoms with E-state index >= 15 is 0 Å². The average Bonchev–Trinajstić information content (AvgIpc) is 2.39. The van der Waals surface area contributed by atoms with E-state index in [1.54, 1.807) is 12.1 Å². The number of hydrogen-bond acceptors (Lipinski definition) is 4. The lowest BCUT2D eigenvalue weighted by Crippen LogP contribution is -2.19. The van der Waals surface area contributed by atoms with Crippen LogP contribution in [0, 0.1) is 6.92 Å². The van der Waals surface area contributed by atoms with E-state index in [0.717, 1.165) is 5.56 Å². The van der Waals surface area contributed by atoms with Crippen molar-refractivity contribution in [2.45, 2.75) is 13.0 Å². The molecule has 1 aromatic carbocycles. The van der Waals surface area contributed by atoms with E-state index in [-0.39, 0.29) is 18.3 Å². The lowest BCUT2D eigenvalue weighted by Gasteiger charge is -2.11. The number of aliphatic hydroxyl groups is 2. The van der Waals surface area contributed by atoms with Gasteiger partial charge in [0.2, 0.25) is 5.91 Å². The number of aryl methyl sites for hydroxylation is 1. The Kier molecular flexibility index (Phi) is 6.96. The summed E-state index contributed by atoms with van der Waals surface area (Å²) >= 11 is 13.3. The minimum atomic E-state index is -0.816. The van der Waals surface area contributed by atoms with Gasteiger partial charge in [-0.3, -0.25) is 4.79 Å². The van der Waals surface area contributed by atoms with Crippen LogP contribution in [0.5, 0.6) is 0 Å². The molecule has 0 bridgehead atoms. The van der Waals surface area contributed by atoms with Crippen molar-refractivity contribution < 1.29 is 15.0 Å². The van der Waals surface area contributed by atoms with E-state index in [9.17, 15) is 4.79 Å². The second-order valence-electron chi connectivity index (χ2n) is 3.95. The zero-order valence-electron chi connectivity index (χ0n) is 10.3. The Labute approximate surface area is 126 Å². The van der Waals surface area contributed by atoms with E-state index in [4.69, 9.17) is 33.4 Å². The summed E-state index contributed by atoms with van der Waals surface area (Å²) in [7, 11) is 0. The molecule has 0 fully saturated rings. The number of nitrogens with one attached hydrogen (secondary N) is 1. The topological polar surface area (TPSA) is 69.6 Å². The summed E-state index contributed by atoms with van der Waals surface area (Å²) in [5.41, 5.74) is 1.22. The quantitative estimate of drug-likeness (QED) is 0.751. The van der Waals surface area contributed by atoms with Crippen LogP contribution in [0.1, 0.15) is 5.56 Å². The first kappa shape index (κ1) is 16.6. The van der Waals surface area contributed by atoms with Gasteiger partial charge in [0.15, 0.2) is 0 Å². The van der Waals surface area contributed by atoms with Crippen LogP contribution in [-0.2, 0) is 4.79 Å². The molecule has 1 rings (SSSR count). The highest BCUT2D eigenvalue weighted by Crippen LogP contribution is 2.32. The highest BCUT2D eigenvalue weighted by atomic mass is 35.5. The van der Waals surface area contributed by atoms with Gasteiger partial charge in [-0.25, -0.2) is 0 Å². The zero-order chi connectivity index (χ0) is 14.4. The fourth-order valence-corrected chi connectivity index (χ4v) is 2.51. The number of aliphatic hydroxyl groups excluding tert-OH is 2. The van der Waals surface area contributed by atoms with Crippen LogP contribution in [0.3, 0.4) is 0 Å². The highest BCUT2D eigenvalue weighted by Gasteiger charge is 2.12. The summed E-state index contributed by atoms with van der Waals surface area (Å²) in [4.78, 5) is 11.7. The van der Waals surface area contributed by atoms with Crippen LogP contribution in [0.25, 0.3) is 0 Å². The lowest BCUT2D eigenvalue weighted by atomic mass is 10.2. The second-order valence-corrected chi connectivity index (χ2v) is 5.77. The van der Waals surface area contributed by atoms with Crippen molar-refractivity contribution in [3.63, 3.8) is 0 Å². The number of thioether (sulfide) groups is 1. The maximum absolute atomic E-state index is 11.7. The molecule has 0 aliphatic carbocycles. The maximum atomic E-state index is 11.7. The Hall–Kier alpha value is -0.460. The molecular weight excluding hydrogens is 309 g/mol. The molecule has 0 aliphatic heterocycles. The number of rotatable bonds is 6. The Morgan fingerprint density at radius 2 is 2.16 bits per heavy atom. The Bertz CT molecular complexity index is 457. The van der Waals surface area contributed by atoms with Crippen molar-refractivity contribution in [2.75, 3.05) is 23.4 Å². The van der Waals surface area contributed by atoms with Crippen LogP contribution >= 0.6 is 35.0 Å². The van der Waals surface area contributed by atoms with Gasteiger partial charge in [-0.2, -0.15) is 0 Å². The average molecular weight is 324 g/mol. The summed E-state index contributed by atoms with van der Waals surface area (Å²) < 4.78 is 0. The molecule has 7 heteroatoms. The highest BCUT2D eigenvalue weighted by molar-refractivity contribution is 8.00. The fraction of sp³-hybridized carbons (Fsp3) is 0.417. The third-order valence-corrected chi connectivity index (χ3v) is 4.19. The van der Waals surface area contributed by atoms with Crippen LogP contribution in [-0.4, -0.2) is 40.3 Å². The molecule has 1 aromatic rings. The van der Waals surface area contributed by atoms with Gasteiger partial charge in [-0.15, -0.1) is 11.8 Å². The first-order valence-electron chi connectivity index (χ1n) is 5.56. The molecule has 3 N–H and O–H groups in total. The fourth-order valence-electron chi connectivity index (χ4n) is 1.29. The molecule has 0 radical (unpaired) electrons. The Balaban J connectivity index is 2.56. The van der Waals surface area contributed by atoms with Gasteiger partial charge in [-0.1, -0.05) is 29.3 Å². The molecule has 4 nitrogen and oxygen atoms in total. The number of anilines is 1. The molecule has 0 aromatic heterocycles. The number of carbonyl (C=O) groups excluding carboxylic acids is 1. The van der Waals surface area contributed by atoms with Gasteiger partial charge in [0, 0.05) is 5.75 Å². The first-order valence-corrected chi connectivity index (χ1v) is 7.48. The third-order valence-electron chi connectivity index (χ3n) is 2.30. The number of halogens is 2. The largest absolute Gasteiger partial charge is 0.394 e. The van der Waals surface area contributed by atoms with Crippen LogP contribution in [0.15, 0.2) is 12.1 Å². The summed E-state index contributed by atoms with van der Waals surface area (Å²) in [6.45, 7) is 1.50. The Morgan fingerprint density at radius 1 is 1.47 bits per heavy atom. The van der Waals surface area contributed by atoms with E-state index in [2.05, 4.69) is 5.32 Å². The summed E-state index contributed by atoms with van der Waals surface area (Å²) in [5, 5.41) is 21.2. The summed E-state index contributed by atoms with van der Waals surface area (Å²) in [5.74, 6) is 0.182. The number of carbonyl (C=O) groups is 1. The number of benzene rings is 1. The lowest BCUT2D eigenvalue weighted by molar-refractivity contribution is -0.113. The van der Waals surface area contributed by atoms with Crippen molar-refractivity contribution in [3.05, 3.63) is 27.7 Å². The molecule has 0 spiro atoms. The van der Waals surface area contributed by atoms with Crippen LogP contribution in [0.4, 0.5) is 5.69 Å². The molecule has 106 valence electrons. The van der Waals surface area contributed by atoms with Crippen molar-refractivity contribution in [1.29, 1.82) is 0 Å². The van der Waals surface area contributed by atoms with Crippen molar-refractivity contribution >= 4 is 46.6 Å². The van der Waals surface area contributed by atoms with Gasteiger partial charge >= 0.3 is 0 Å². The summed E-state index contributed by atoms with van der Waals surface area (Å²) in [6, 6.07) is 3.44. The predicted octanol–water partition coefficient (Wildman–Crippen LogP) is 2.33. The second kappa shape index (κ2) is 7.97. The van der Waals surface area contributed by atoms with Crippen molar-refractivity contribution in [1.82, 2.24) is 0 Å². The normalized spacial score (nSPS) is 12.3. The minimum Gasteiger partial charge on any atom is -0.394 e. The molecule has 0 heterocycles. The van der Waals surface area contributed by atoms with Crippen molar-refractivity contribution in [3.8, 4) is 0 Å². The molecule has 0 aliphatic rings. The SMILES string of the molecule is Cc1ccc(Cl)c(NC(=O)CSCC(O)CO)c1Cl. The predicted molar refractivity (Wildman–Crippen MR) is 80.2 cm³/mol. The van der Waals surface area contributed by atoms with Crippen LogP contribution in [0.2, 0.25) is 10.0 Å². The van der Waals surface area contributed by atoms with E-state index in [1.165, 1.54) is 11.8 Å². The maximum Gasteiger partial charge on any atom is 0.234 e. The van der Waals surface area contributed by atoms with Gasteiger partial charge in [-0.05, 0) is 18.6 Å². The molecule has 19 heavy (non-hydrogen) atoms. The monoisotopic (exact) mass is 323 g/mol. The zero-order valence-corrected chi connectivity index (χ0v) is 12.6. The van der Waals surface area contributed by atoms with Gasteiger partial charge < -0.3 is 15.5 Å². The number of amides is 1. The smallest absolute Gasteiger partial charge is 0.234 e. The van der Waals surface area contributed by atoms with Gasteiger partial charge in [0.05, 0.1) is 34.2 Å². The standard InChI is InChI=1S/C12H15Cl2NO3S/c1-7-2-3-9(13)12(11(7)14)15-10(18)6-19-5-8(17)4-16/h2-3,8,16-17H,4-6H2,1H3,(H,15,18). The summed E-state index contributed by atoms with van der Waals surface area (Å²) in [6.07, 6.45) is -0.816. The minimum absolute atomic E-state index is 0.150. The molecule has 0 saturated heterocycles. The molecule has 1 atom stereocenters. The molecule has 1 unspecified atom stereocenters.